The maximum atomic E-state index is 11.7. The summed E-state index contributed by atoms with van der Waals surface area (Å²) in [5, 5.41) is 37.0. The highest BCUT2D eigenvalue weighted by molar-refractivity contribution is 5.92. The summed E-state index contributed by atoms with van der Waals surface area (Å²) in [5.41, 5.74) is -0.0691. The summed E-state index contributed by atoms with van der Waals surface area (Å²) in [4.78, 5) is 11.7. The second-order valence-corrected chi connectivity index (χ2v) is 3.81. The predicted octanol–water partition coefficient (Wildman–Crippen LogP) is 1.73. The summed E-state index contributed by atoms with van der Waals surface area (Å²) < 4.78 is 4.89. The number of esters is 1. The fraction of sp³-hybridized carbons (Fsp3) is 0. The van der Waals surface area contributed by atoms with E-state index in [9.17, 15) is 25.2 Å². The van der Waals surface area contributed by atoms with Crippen LogP contribution >= 0.6 is 0 Å². The predicted molar refractivity (Wildman–Crippen MR) is 64.5 cm³/mol. The first-order chi connectivity index (χ1) is 8.94. The van der Waals surface area contributed by atoms with Crippen molar-refractivity contribution in [1.82, 2.24) is 0 Å². The zero-order valence-corrected chi connectivity index (χ0v) is 9.57. The molecule has 0 aliphatic carbocycles. The normalized spacial score (nSPS) is 10.1. The number of ether oxygens (including phenoxy) is 1. The van der Waals surface area contributed by atoms with E-state index in [-0.39, 0.29) is 34.3 Å². The van der Waals surface area contributed by atoms with Crippen LogP contribution in [0.1, 0.15) is 10.4 Å². The quantitative estimate of drug-likeness (QED) is 0.485. The maximum absolute atomic E-state index is 11.7. The van der Waals surface area contributed by atoms with Gasteiger partial charge in [0, 0.05) is 24.3 Å². The van der Waals surface area contributed by atoms with E-state index < -0.39 is 5.97 Å². The van der Waals surface area contributed by atoms with Crippen LogP contribution in [0.5, 0.6) is 28.7 Å². The zero-order chi connectivity index (χ0) is 14.0. The van der Waals surface area contributed by atoms with E-state index in [1.807, 2.05) is 0 Å². The average Bonchev–Trinajstić information content (AvgIpc) is 2.25. The van der Waals surface area contributed by atoms with Crippen LogP contribution in [0.2, 0.25) is 0 Å². The largest absolute Gasteiger partial charge is 0.508 e. The molecule has 0 unspecified atom stereocenters. The van der Waals surface area contributed by atoms with E-state index in [1.165, 1.54) is 0 Å². The Kier molecular flexibility index (Phi) is 3.15. The fourth-order valence-electron chi connectivity index (χ4n) is 1.51. The van der Waals surface area contributed by atoms with Crippen LogP contribution < -0.4 is 4.74 Å². The van der Waals surface area contributed by atoms with Crippen molar-refractivity contribution in [3.05, 3.63) is 42.0 Å². The van der Waals surface area contributed by atoms with Gasteiger partial charge < -0.3 is 25.2 Å². The van der Waals surface area contributed by atoms with Gasteiger partial charge in [0.05, 0.1) is 5.56 Å². The van der Waals surface area contributed by atoms with Gasteiger partial charge in [0.15, 0.2) is 0 Å². The number of phenols is 4. The van der Waals surface area contributed by atoms with Crippen molar-refractivity contribution in [2.24, 2.45) is 0 Å². The molecule has 19 heavy (non-hydrogen) atoms. The first-order valence-electron chi connectivity index (χ1n) is 5.22. The molecular weight excluding hydrogens is 252 g/mol. The molecule has 6 nitrogen and oxygen atoms in total. The molecule has 2 rings (SSSR count). The minimum Gasteiger partial charge on any atom is -0.508 e. The summed E-state index contributed by atoms with van der Waals surface area (Å²) in [5.74, 6) is -2.01. The first kappa shape index (κ1) is 12.6. The number of rotatable bonds is 2. The van der Waals surface area contributed by atoms with Gasteiger partial charge in [0.2, 0.25) is 0 Å². The number of phenolic OH excluding ortho intramolecular Hbond substituents is 4. The third-order valence-electron chi connectivity index (χ3n) is 2.22. The second kappa shape index (κ2) is 4.77. The van der Waals surface area contributed by atoms with Crippen molar-refractivity contribution >= 4 is 5.97 Å². The summed E-state index contributed by atoms with van der Waals surface area (Å²) >= 11 is 0. The molecule has 2 aromatic rings. The Morgan fingerprint density at radius 3 is 1.63 bits per heavy atom. The van der Waals surface area contributed by atoms with Crippen LogP contribution in [0.15, 0.2) is 36.4 Å². The SMILES string of the molecule is O=C(Oc1cc(O)cc(O)c1)c1cc(O)cc(O)c1. The second-order valence-electron chi connectivity index (χ2n) is 3.81. The number of hydrogen-bond acceptors (Lipinski definition) is 6. The topological polar surface area (TPSA) is 107 Å². The lowest BCUT2D eigenvalue weighted by molar-refractivity contribution is 0.0733. The third kappa shape index (κ3) is 3.06. The Balaban J connectivity index is 2.25. The number of carbonyl (C=O) groups is 1. The Morgan fingerprint density at radius 2 is 1.16 bits per heavy atom. The van der Waals surface area contributed by atoms with Gasteiger partial charge in [-0.2, -0.15) is 0 Å². The fourth-order valence-corrected chi connectivity index (χ4v) is 1.51. The van der Waals surface area contributed by atoms with Crippen molar-refractivity contribution in [2.45, 2.75) is 0 Å². The Hall–Kier alpha value is -2.89. The summed E-state index contributed by atoms with van der Waals surface area (Å²) in [6.07, 6.45) is 0. The highest BCUT2D eigenvalue weighted by Crippen LogP contribution is 2.27. The first-order valence-corrected chi connectivity index (χ1v) is 5.22. The third-order valence-corrected chi connectivity index (χ3v) is 2.22. The lowest BCUT2D eigenvalue weighted by atomic mass is 10.2. The van der Waals surface area contributed by atoms with Gasteiger partial charge in [-0.05, 0) is 12.1 Å². The average molecular weight is 262 g/mol. The Bertz CT molecular complexity index is 595. The number of hydrogen-bond donors (Lipinski definition) is 4. The van der Waals surface area contributed by atoms with Gasteiger partial charge in [0.1, 0.15) is 28.7 Å². The molecule has 0 fully saturated rings. The maximum Gasteiger partial charge on any atom is 0.343 e. The number of benzene rings is 2. The Labute approximate surface area is 107 Å². The summed E-state index contributed by atoms with van der Waals surface area (Å²) in [6.45, 7) is 0. The summed E-state index contributed by atoms with van der Waals surface area (Å²) in [7, 11) is 0. The molecule has 0 aliphatic heterocycles. The van der Waals surface area contributed by atoms with E-state index in [0.717, 1.165) is 36.4 Å². The van der Waals surface area contributed by atoms with Crippen molar-refractivity contribution in [3.8, 4) is 28.7 Å². The van der Waals surface area contributed by atoms with Gasteiger partial charge in [-0.1, -0.05) is 0 Å². The monoisotopic (exact) mass is 262 g/mol. The summed E-state index contributed by atoms with van der Waals surface area (Å²) in [6, 6.07) is 6.66. The van der Waals surface area contributed by atoms with E-state index in [2.05, 4.69) is 0 Å². The highest BCUT2D eigenvalue weighted by Gasteiger charge is 2.12. The van der Waals surface area contributed by atoms with E-state index in [4.69, 9.17) is 4.74 Å². The van der Waals surface area contributed by atoms with Crippen molar-refractivity contribution < 1.29 is 30.0 Å². The van der Waals surface area contributed by atoms with Gasteiger partial charge in [-0.25, -0.2) is 4.79 Å². The number of carbonyl (C=O) groups excluding carboxylic acids is 1. The minimum absolute atomic E-state index is 0.0645. The van der Waals surface area contributed by atoms with Crippen LogP contribution in [0, 0.1) is 0 Å². The molecule has 0 spiro atoms. The lowest BCUT2D eigenvalue weighted by Crippen LogP contribution is -2.08. The van der Waals surface area contributed by atoms with Crippen molar-refractivity contribution in [1.29, 1.82) is 0 Å². The molecule has 98 valence electrons. The van der Waals surface area contributed by atoms with Crippen LogP contribution in [0.4, 0.5) is 0 Å². The lowest BCUT2D eigenvalue weighted by Gasteiger charge is -2.06. The van der Waals surface area contributed by atoms with Gasteiger partial charge in [0.25, 0.3) is 0 Å². The van der Waals surface area contributed by atoms with Crippen LogP contribution in [0.25, 0.3) is 0 Å². The Morgan fingerprint density at radius 1 is 0.737 bits per heavy atom. The molecule has 4 N–H and O–H groups in total. The van der Waals surface area contributed by atoms with Crippen LogP contribution in [0.3, 0.4) is 0 Å². The highest BCUT2D eigenvalue weighted by atomic mass is 16.5. The molecule has 2 aromatic carbocycles. The zero-order valence-electron chi connectivity index (χ0n) is 9.57. The molecule has 0 aliphatic rings. The van der Waals surface area contributed by atoms with Crippen molar-refractivity contribution in [2.75, 3.05) is 0 Å². The molecular formula is C13H10O6. The molecule has 0 saturated heterocycles. The molecule has 6 heteroatoms. The van der Waals surface area contributed by atoms with Gasteiger partial charge in [-0.3, -0.25) is 0 Å². The molecule has 0 saturated carbocycles. The van der Waals surface area contributed by atoms with Gasteiger partial charge in [-0.15, -0.1) is 0 Å². The van der Waals surface area contributed by atoms with E-state index in [0.29, 0.717) is 0 Å². The molecule has 0 bridgehead atoms. The molecule has 0 radical (unpaired) electrons. The van der Waals surface area contributed by atoms with Gasteiger partial charge >= 0.3 is 5.97 Å². The van der Waals surface area contributed by atoms with E-state index in [1.54, 1.807) is 0 Å². The molecule has 0 aromatic heterocycles. The molecule has 0 amide bonds. The van der Waals surface area contributed by atoms with Crippen molar-refractivity contribution in [3.63, 3.8) is 0 Å². The smallest absolute Gasteiger partial charge is 0.343 e. The minimum atomic E-state index is -0.851. The molecule has 0 heterocycles. The standard InChI is InChI=1S/C13H10O6/c14-8-1-7(2-9(15)3-8)13(18)19-12-5-10(16)4-11(17)6-12/h1-6,14-17H. The van der Waals surface area contributed by atoms with Crippen LogP contribution in [-0.2, 0) is 0 Å². The molecule has 0 atom stereocenters. The number of aromatic hydroxyl groups is 4. The van der Waals surface area contributed by atoms with E-state index >= 15 is 0 Å². The van der Waals surface area contributed by atoms with Crippen LogP contribution in [-0.4, -0.2) is 26.4 Å².